The van der Waals surface area contributed by atoms with Gasteiger partial charge in [0.1, 0.15) is 0 Å². The first-order valence-corrected chi connectivity index (χ1v) is 7.12. The van der Waals surface area contributed by atoms with Crippen LogP contribution in [-0.4, -0.2) is 12.0 Å². The number of rotatable bonds is 3. The lowest BCUT2D eigenvalue weighted by Crippen LogP contribution is -2.17. The molecule has 3 aromatic rings. The molecular weight excluding hydrogens is 282 g/mol. The number of pyridine rings is 1. The van der Waals surface area contributed by atoms with E-state index in [1.54, 1.807) is 6.20 Å². The second-order valence-electron chi connectivity index (χ2n) is 5.02. The molecule has 106 valence electrons. The molecule has 0 saturated heterocycles. The van der Waals surface area contributed by atoms with Crippen LogP contribution in [0.25, 0.3) is 10.9 Å². The normalized spacial score (nSPS) is 10.8. The van der Waals surface area contributed by atoms with E-state index in [9.17, 15) is 0 Å². The predicted octanol–water partition coefficient (Wildman–Crippen LogP) is 4.11. The van der Waals surface area contributed by atoms with Gasteiger partial charge < -0.3 is 10.6 Å². The number of anilines is 2. The van der Waals surface area contributed by atoms with Gasteiger partial charge in [0.05, 0.1) is 11.2 Å². The molecule has 0 spiro atoms. The Kier molecular flexibility index (Phi) is 3.67. The first kappa shape index (κ1) is 13.7. The van der Waals surface area contributed by atoms with Crippen LogP contribution >= 0.6 is 11.6 Å². The molecule has 1 aromatic heterocycles. The van der Waals surface area contributed by atoms with Gasteiger partial charge in [-0.15, -0.1) is 0 Å². The van der Waals surface area contributed by atoms with Crippen molar-refractivity contribution in [1.29, 1.82) is 0 Å². The maximum atomic E-state index is 6.24. The van der Waals surface area contributed by atoms with Gasteiger partial charge >= 0.3 is 0 Å². The van der Waals surface area contributed by atoms with Crippen LogP contribution in [0.15, 0.2) is 54.7 Å². The van der Waals surface area contributed by atoms with E-state index >= 15 is 0 Å². The van der Waals surface area contributed by atoms with Crippen LogP contribution < -0.4 is 10.6 Å². The number of nitrogen functional groups attached to an aromatic ring is 1. The minimum Gasteiger partial charge on any atom is -0.398 e. The third-order valence-corrected chi connectivity index (χ3v) is 3.93. The second kappa shape index (κ2) is 5.62. The molecule has 0 saturated carbocycles. The maximum absolute atomic E-state index is 6.24. The van der Waals surface area contributed by atoms with E-state index in [0.29, 0.717) is 0 Å². The molecule has 0 aliphatic carbocycles. The van der Waals surface area contributed by atoms with Crippen LogP contribution in [0.1, 0.15) is 5.56 Å². The van der Waals surface area contributed by atoms with E-state index < -0.39 is 0 Å². The van der Waals surface area contributed by atoms with Crippen molar-refractivity contribution in [2.45, 2.75) is 6.54 Å². The number of hydrogen-bond donors (Lipinski definition) is 1. The lowest BCUT2D eigenvalue weighted by Gasteiger charge is -2.21. The Bertz CT molecular complexity index is 786. The molecule has 3 rings (SSSR count). The van der Waals surface area contributed by atoms with Crippen LogP contribution in [-0.2, 0) is 6.54 Å². The highest BCUT2D eigenvalue weighted by molar-refractivity contribution is 6.31. The van der Waals surface area contributed by atoms with E-state index in [4.69, 9.17) is 17.3 Å². The Morgan fingerprint density at radius 2 is 1.90 bits per heavy atom. The fourth-order valence-corrected chi connectivity index (χ4v) is 2.65. The third kappa shape index (κ3) is 2.65. The molecule has 3 nitrogen and oxygen atoms in total. The van der Waals surface area contributed by atoms with Crippen molar-refractivity contribution in [3.63, 3.8) is 0 Å². The molecule has 0 bridgehead atoms. The summed E-state index contributed by atoms with van der Waals surface area (Å²) in [4.78, 5) is 6.61. The predicted molar refractivity (Wildman–Crippen MR) is 89.7 cm³/mol. The average molecular weight is 298 g/mol. The Morgan fingerprint density at radius 1 is 1.10 bits per heavy atom. The van der Waals surface area contributed by atoms with E-state index in [2.05, 4.69) is 9.88 Å². The highest BCUT2D eigenvalue weighted by Gasteiger charge is 2.10. The van der Waals surface area contributed by atoms with Gasteiger partial charge in [0.2, 0.25) is 0 Å². The highest BCUT2D eigenvalue weighted by atomic mass is 35.5. The number of nitrogens with two attached hydrogens (primary N) is 1. The van der Waals surface area contributed by atoms with Gasteiger partial charge in [-0.25, -0.2) is 0 Å². The molecule has 21 heavy (non-hydrogen) atoms. The molecule has 2 aromatic carbocycles. The highest BCUT2D eigenvalue weighted by Crippen LogP contribution is 2.30. The average Bonchev–Trinajstić information content (AvgIpc) is 2.50. The number of benzene rings is 2. The van der Waals surface area contributed by atoms with Gasteiger partial charge in [-0.3, -0.25) is 4.98 Å². The lowest BCUT2D eigenvalue weighted by molar-refractivity contribution is 0.926. The number of aromatic nitrogens is 1. The molecule has 0 radical (unpaired) electrons. The molecule has 0 unspecified atom stereocenters. The Hall–Kier alpha value is -2.26. The van der Waals surface area contributed by atoms with Crippen molar-refractivity contribution in [2.75, 3.05) is 17.7 Å². The Labute approximate surface area is 129 Å². The zero-order valence-corrected chi connectivity index (χ0v) is 12.5. The summed E-state index contributed by atoms with van der Waals surface area (Å²) in [6.45, 7) is 0.718. The lowest BCUT2D eigenvalue weighted by atomic mass is 10.1. The Balaban J connectivity index is 2.01. The van der Waals surface area contributed by atoms with Gasteiger partial charge in [0.25, 0.3) is 0 Å². The van der Waals surface area contributed by atoms with Crippen LogP contribution in [0.3, 0.4) is 0 Å². The van der Waals surface area contributed by atoms with Crippen LogP contribution in [0.5, 0.6) is 0 Å². The van der Waals surface area contributed by atoms with Crippen LogP contribution in [0, 0.1) is 0 Å². The largest absolute Gasteiger partial charge is 0.398 e. The summed E-state index contributed by atoms with van der Waals surface area (Å²) < 4.78 is 0. The molecule has 0 aliphatic rings. The SMILES string of the molecule is CN(Cc1ccccc1Cl)c1ccc(N)c2cccnc12. The minimum absolute atomic E-state index is 0.718. The van der Waals surface area contributed by atoms with E-state index in [1.165, 1.54) is 0 Å². The molecule has 0 amide bonds. The zero-order chi connectivity index (χ0) is 14.8. The van der Waals surface area contributed by atoms with Gasteiger partial charge in [-0.2, -0.15) is 0 Å². The summed E-state index contributed by atoms with van der Waals surface area (Å²) in [7, 11) is 2.03. The topological polar surface area (TPSA) is 42.1 Å². The van der Waals surface area contributed by atoms with Gasteiger partial charge in [0.15, 0.2) is 0 Å². The molecule has 2 N–H and O–H groups in total. The standard InChI is InChI=1S/C17H16ClN3/c1-21(11-12-5-2-3-7-14(12)18)16-9-8-15(19)13-6-4-10-20-17(13)16/h2-10H,11,19H2,1H3. The number of nitrogens with zero attached hydrogens (tertiary/aromatic N) is 2. The molecular formula is C17H16ClN3. The fraction of sp³-hybridized carbons (Fsp3) is 0.118. The minimum atomic E-state index is 0.718. The van der Waals surface area contributed by atoms with Crippen molar-refractivity contribution in [3.05, 3.63) is 65.3 Å². The van der Waals surface area contributed by atoms with Crippen molar-refractivity contribution in [3.8, 4) is 0 Å². The number of hydrogen-bond acceptors (Lipinski definition) is 3. The Morgan fingerprint density at radius 3 is 2.71 bits per heavy atom. The van der Waals surface area contributed by atoms with E-state index in [0.717, 1.165) is 39.4 Å². The molecule has 4 heteroatoms. The smallest absolute Gasteiger partial charge is 0.0955 e. The van der Waals surface area contributed by atoms with Crippen molar-refractivity contribution in [2.24, 2.45) is 0 Å². The molecule has 0 fully saturated rings. The van der Waals surface area contributed by atoms with Gasteiger partial charge in [-0.05, 0) is 35.9 Å². The van der Waals surface area contributed by atoms with E-state index in [-0.39, 0.29) is 0 Å². The van der Waals surface area contributed by atoms with Gasteiger partial charge in [0, 0.05) is 35.9 Å². The first-order chi connectivity index (χ1) is 10.2. The quantitative estimate of drug-likeness (QED) is 0.740. The maximum Gasteiger partial charge on any atom is 0.0955 e. The monoisotopic (exact) mass is 297 g/mol. The summed E-state index contributed by atoms with van der Waals surface area (Å²) in [5.74, 6) is 0. The third-order valence-electron chi connectivity index (χ3n) is 3.56. The van der Waals surface area contributed by atoms with Crippen molar-refractivity contribution < 1.29 is 0 Å². The molecule has 0 atom stereocenters. The van der Waals surface area contributed by atoms with Gasteiger partial charge in [-0.1, -0.05) is 29.8 Å². The zero-order valence-electron chi connectivity index (χ0n) is 11.8. The summed E-state index contributed by atoms with van der Waals surface area (Å²) in [5.41, 5.74) is 9.80. The van der Waals surface area contributed by atoms with Crippen LogP contribution in [0.2, 0.25) is 5.02 Å². The summed E-state index contributed by atoms with van der Waals surface area (Å²) >= 11 is 6.24. The summed E-state index contributed by atoms with van der Waals surface area (Å²) in [5, 5.41) is 1.75. The fourth-order valence-electron chi connectivity index (χ4n) is 2.46. The van der Waals surface area contributed by atoms with Crippen molar-refractivity contribution in [1.82, 2.24) is 4.98 Å². The number of halogens is 1. The summed E-state index contributed by atoms with van der Waals surface area (Å²) in [6, 6.07) is 15.7. The number of fused-ring (bicyclic) bond motifs is 1. The van der Waals surface area contributed by atoms with E-state index in [1.807, 2.05) is 55.6 Å². The second-order valence-corrected chi connectivity index (χ2v) is 5.43. The first-order valence-electron chi connectivity index (χ1n) is 6.74. The molecule has 1 heterocycles. The molecule has 0 aliphatic heterocycles. The summed E-state index contributed by atoms with van der Waals surface area (Å²) in [6.07, 6.45) is 1.79. The van der Waals surface area contributed by atoms with Crippen molar-refractivity contribution >= 4 is 33.9 Å². The van der Waals surface area contributed by atoms with Crippen LogP contribution in [0.4, 0.5) is 11.4 Å².